The first kappa shape index (κ1) is 7.07. The summed E-state index contributed by atoms with van der Waals surface area (Å²) in [6, 6.07) is 0. The molecule has 0 saturated carbocycles. The van der Waals surface area contributed by atoms with Crippen LogP contribution in [0.15, 0.2) is 11.9 Å². The lowest BCUT2D eigenvalue weighted by Gasteiger charge is -1.90. The minimum atomic E-state index is 0.878. The van der Waals surface area contributed by atoms with Crippen LogP contribution in [-0.2, 0) is 0 Å². The smallest absolute Gasteiger partial charge is 0.0407 e. The largest absolute Gasteiger partial charge is 0.400 e. The van der Waals surface area contributed by atoms with Crippen LogP contribution >= 0.6 is 22.6 Å². The molecular formula is C4H9IN2. The van der Waals surface area contributed by atoms with E-state index in [1.54, 1.807) is 6.20 Å². The Morgan fingerprint density at radius 1 is 2.00 bits per heavy atom. The number of halogens is 1. The third-order valence-corrected chi connectivity index (χ3v) is 1.36. The van der Waals surface area contributed by atoms with E-state index in [1.165, 1.54) is 0 Å². The maximum atomic E-state index is 5.37. The Morgan fingerprint density at radius 2 is 2.57 bits per heavy atom. The molecule has 0 saturated heterocycles. The van der Waals surface area contributed by atoms with Crippen LogP contribution in [0.25, 0.3) is 0 Å². The Labute approximate surface area is 57.3 Å². The summed E-state index contributed by atoms with van der Waals surface area (Å²) in [4.78, 5) is 0. The molecular weight excluding hydrogens is 203 g/mol. The third kappa shape index (κ3) is 3.91. The van der Waals surface area contributed by atoms with Crippen LogP contribution in [0.1, 0.15) is 0 Å². The van der Waals surface area contributed by atoms with E-state index in [1.807, 2.05) is 7.05 Å². The van der Waals surface area contributed by atoms with Gasteiger partial charge in [-0.3, -0.25) is 0 Å². The third-order valence-electron chi connectivity index (χ3n) is 0.484. The quantitative estimate of drug-likeness (QED) is 0.514. The molecule has 0 aliphatic heterocycles. The molecule has 3 heteroatoms. The zero-order chi connectivity index (χ0) is 5.70. The van der Waals surface area contributed by atoms with Crippen LogP contribution < -0.4 is 11.1 Å². The lowest BCUT2D eigenvalue weighted by molar-refractivity contribution is 1.07. The summed E-state index contributed by atoms with van der Waals surface area (Å²) in [5.74, 6) is 0. The highest BCUT2D eigenvalue weighted by Gasteiger charge is 1.78. The van der Waals surface area contributed by atoms with E-state index in [2.05, 4.69) is 27.9 Å². The number of rotatable bonds is 2. The molecule has 0 atom stereocenters. The molecule has 42 valence electrons. The monoisotopic (exact) mass is 212 g/mol. The van der Waals surface area contributed by atoms with Crippen LogP contribution in [-0.4, -0.2) is 11.5 Å². The molecule has 0 aromatic heterocycles. The van der Waals surface area contributed by atoms with Gasteiger partial charge in [-0.15, -0.1) is 0 Å². The number of nitrogens with one attached hydrogen (secondary N) is 1. The van der Waals surface area contributed by atoms with Gasteiger partial charge >= 0.3 is 0 Å². The Balaban J connectivity index is 3.29. The van der Waals surface area contributed by atoms with Crippen LogP contribution in [0.2, 0.25) is 0 Å². The van der Waals surface area contributed by atoms with Crippen molar-refractivity contribution in [3.63, 3.8) is 0 Å². The molecule has 0 aromatic carbocycles. The highest BCUT2D eigenvalue weighted by Crippen LogP contribution is 1.87. The molecule has 0 rings (SSSR count). The van der Waals surface area contributed by atoms with E-state index < -0.39 is 0 Å². The SMILES string of the molecule is CN/C=C(\N)CI. The van der Waals surface area contributed by atoms with Crippen LogP contribution in [0.4, 0.5) is 0 Å². The lowest BCUT2D eigenvalue weighted by atomic mass is 10.6. The predicted octanol–water partition coefficient (Wildman–Crippen LogP) is 0.441. The molecule has 0 heterocycles. The van der Waals surface area contributed by atoms with Gasteiger partial charge < -0.3 is 11.1 Å². The van der Waals surface area contributed by atoms with E-state index in [9.17, 15) is 0 Å². The van der Waals surface area contributed by atoms with E-state index in [0.29, 0.717) is 0 Å². The fourth-order valence-corrected chi connectivity index (χ4v) is 0.444. The fraction of sp³-hybridized carbons (Fsp3) is 0.500. The fourth-order valence-electron chi connectivity index (χ4n) is 0.224. The molecule has 2 nitrogen and oxygen atoms in total. The molecule has 0 radical (unpaired) electrons. The first-order valence-electron chi connectivity index (χ1n) is 1.99. The number of hydrogen-bond donors (Lipinski definition) is 2. The van der Waals surface area contributed by atoms with Crippen molar-refractivity contribution < 1.29 is 0 Å². The summed E-state index contributed by atoms with van der Waals surface area (Å²) < 4.78 is 0.888. The molecule has 7 heavy (non-hydrogen) atoms. The average molecular weight is 212 g/mol. The van der Waals surface area contributed by atoms with Gasteiger partial charge in [-0.25, -0.2) is 0 Å². The van der Waals surface area contributed by atoms with Gasteiger partial charge in [0.2, 0.25) is 0 Å². The molecule has 0 spiro atoms. The summed E-state index contributed by atoms with van der Waals surface area (Å²) in [5, 5.41) is 2.83. The molecule has 0 aliphatic carbocycles. The van der Waals surface area contributed by atoms with Crippen LogP contribution in [0.5, 0.6) is 0 Å². The Morgan fingerprint density at radius 3 is 2.71 bits per heavy atom. The lowest BCUT2D eigenvalue weighted by Crippen LogP contribution is -2.04. The molecule has 0 unspecified atom stereocenters. The predicted molar refractivity (Wildman–Crippen MR) is 40.2 cm³/mol. The summed E-state index contributed by atoms with van der Waals surface area (Å²) in [5.41, 5.74) is 6.25. The van der Waals surface area contributed by atoms with Crippen molar-refractivity contribution in [3.8, 4) is 0 Å². The van der Waals surface area contributed by atoms with Crippen LogP contribution in [0, 0.1) is 0 Å². The van der Waals surface area contributed by atoms with Gasteiger partial charge in [-0.05, 0) is 0 Å². The van der Waals surface area contributed by atoms with Gasteiger partial charge in [0.1, 0.15) is 0 Å². The first-order valence-corrected chi connectivity index (χ1v) is 3.51. The highest BCUT2D eigenvalue weighted by atomic mass is 127. The maximum absolute atomic E-state index is 5.37. The minimum Gasteiger partial charge on any atom is -0.400 e. The Kier molecular flexibility index (Phi) is 4.28. The summed E-state index contributed by atoms with van der Waals surface area (Å²) in [7, 11) is 1.83. The maximum Gasteiger partial charge on any atom is 0.0407 e. The number of nitrogens with two attached hydrogens (primary N) is 1. The number of allylic oxidation sites excluding steroid dienone is 1. The highest BCUT2D eigenvalue weighted by molar-refractivity contribution is 14.1. The Hall–Kier alpha value is 0.0700. The standard InChI is InChI=1S/C4H9IN2/c1-7-3-4(6)2-5/h3,7H,2,6H2,1H3/b4-3-. The molecule has 0 aliphatic rings. The molecule has 0 bridgehead atoms. The summed E-state index contributed by atoms with van der Waals surface area (Å²) in [6.45, 7) is 0. The summed E-state index contributed by atoms with van der Waals surface area (Å²) >= 11 is 2.20. The Bertz CT molecular complexity index is 70.1. The van der Waals surface area contributed by atoms with E-state index in [4.69, 9.17) is 5.73 Å². The van der Waals surface area contributed by atoms with Crippen molar-refractivity contribution in [2.45, 2.75) is 0 Å². The second-order valence-corrected chi connectivity index (χ2v) is 1.90. The minimum absolute atomic E-state index is 0.878. The molecule has 3 N–H and O–H groups in total. The van der Waals surface area contributed by atoms with Gasteiger partial charge in [0, 0.05) is 23.4 Å². The van der Waals surface area contributed by atoms with E-state index >= 15 is 0 Å². The van der Waals surface area contributed by atoms with Crippen molar-refractivity contribution in [1.29, 1.82) is 0 Å². The van der Waals surface area contributed by atoms with Gasteiger partial charge in [-0.1, -0.05) is 22.6 Å². The van der Waals surface area contributed by atoms with Crippen molar-refractivity contribution in [1.82, 2.24) is 5.32 Å². The zero-order valence-electron chi connectivity index (χ0n) is 4.24. The average Bonchev–Trinajstić information content (AvgIpc) is 1.68. The topological polar surface area (TPSA) is 38.0 Å². The van der Waals surface area contributed by atoms with Crippen molar-refractivity contribution in [2.24, 2.45) is 5.73 Å². The van der Waals surface area contributed by atoms with E-state index in [-0.39, 0.29) is 0 Å². The van der Waals surface area contributed by atoms with Gasteiger partial charge in [0.25, 0.3) is 0 Å². The van der Waals surface area contributed by atoms with Gasteiger partial charge in [0.15, 0.2) is 0 Å². The van der Waals surface area contributed by atoms with Crippen molar-refractivity contribution in [2.75, 3.05) is 11.5 Å². The van der Waals surface area contributed by atoms with E-state index in [0.717, 1.165) is 10.1 Å². The second-order valence-electron chi connectivity index (χ2n) is 1.14. The first-order chi connectivity index (χ1) is 3.31. The molecule has 0 fully saturated rings. The number of hydrogen-bond acceptors (Lipinski definition) is 2. The number of alkyl halides is 1. The van der Waals surface area contributed by atoms with Gasteiger partial charge in [0.05, 0.1) is 0 Å². The molecule has 0 amide bonds. The van der Waals surface area contributed by atoms with Crippen LogP contribution in [0.3, 0.4) is 0 Å². The van der Waals surface area contributed by atoms with Gasteiger partial charge in [-0.2, -0.15) is 0 Å². The summed E-state index contributed by atoms with van der Waals surface area (Å²) in [6.07, 6.45) is 1.78. The zero-order valence-corrected chi connectivity index (χ0v) is 6.40. The van der Waals surface area contributed by atoms with Crippen molar-refractivity contribution in [3.05, 3.63) is 11.9 Å². The normalized spacial score (nSPS) is 11.4. The molecule has 0 aromatic rings. The second kappa shape index (κ2) is 4.23. The van der Waals surface area contributed by atoms with Crippen molar-refractivity contribution >= 4 is 22.6 Å².